The average molecular weight is 759 g/mol. The van der Waals surface area contributed by atoms with Gasteiger partial charge in [-0.25, -0.2) is 4.98 Å². The Balaban J connectivity index is 1.21. The number of benzene rings is 4. The van der Waals surface area contributed by atoms with Gasteiger partial charge >= 0.3 is 194 Å². The first-order chi connectivity index (χ1) is 22.5. The van der Waals surface area contributed by atoms with Crippen molar-refractivity contribution in [2.75, 3.05) is 0 Å². The second-order valence-corrected chi connectivity index (χ2v) is 13.5. The number of aryl methyl sites for hydroxylation is 2. The number of ether oxygens (including phenoxy) is 1. The summed E-state index contributed by atoms with van der Waals surface area (Å²) in [5, 5.41) is 2.20. The summed E-state index contributed by atoms with van der Waals surface area (Å²) in [6.07, 6.45) is 3.61. The number of pyridine rings is 1. The Morgan fingerprint density at radius 2 is 1.64 bits per heavy atom. The van der Waals surface area contributed by atoms with Gasteiger partial charge in [0, 0.05) is 6.20 Å². The first kappa shape index (κ1) is 24.1. The Hall–Kier alpha value is -4.21. The van der Waals surface area contributed by atoms with Crippen molar-refractivity contribution in [3.63, 3.8) is 0 Å². The van der Waals surface area contributed by atoms with Crippen molar-refractivity contribution in [1.82, 2.24) is 18.7 Å². The summed E-state index contributed by atoms with van der Waals surface area (Å²) in [4.78, 5) is 4.79. The third kappa shape index (κ3) is 4.32. The molecule has 44 heavy (non-hydrogen) atoms. The van der Waals surface area contributed by atoms with Crippen LogP contribution in [0.25, 0.3) is 38.7 Å². The number of para-hydroxylation sites is 3. The number of hydrogen-bond donors (Lipinski definition) is 0. The average Bonchev–Trinajstić information content (AvgIpc) is 3.69. The molecule has 1 aliphatic rings. The van der Waals surface area contributed by atoms with E-state index in [0.29, 0.717) is 20.8 Å². The van der Waals surface area contributed by atoms with Crippen LogP contribution in [0.2, 0.25) is 0 Å². The molecule has 1 atom stereocenters. The second kappa shape index (κ2) is 10.2. The summed E-state index contributed by atoms with van der Waals surface area (Å²) in [5.41, 5.74) is 6.94. The predicted molar refractivity (Wildman–Crippen MR) is 172 cm³/mol. The zero-order chi connectivity index (χ0) is 32.7. The van der Waals surface area contributed by atoms with Crippen LogP contribution in [0, 0.1) is 15.9 Å². The summed E-state index contributed by atoms with van der Waals surface area (Å²) in [6.45, 7) is 4.33. The molecule has 4 aromatic carbocycles. The van der Waals surface area contributed by atoms with E-state index in [9.17, 15) is 0 Å². The van der Waals surface area contributed by atoms with Gasteiger partial charge in [-0.1, -0.05) is 39.0 Å². The number of imidazole rings is 1. The van der Waals surface area contributed by atoms with Crippen LogP contribution >= 0.6 is 0 Å². The van der Waals surface area contributed by atoms with Gasteiger partial charge in [0.15, 0.2) is 0 Å². The van der Waals surface area contributed by atoms with Gasteiger partial charge in [0.25, 0.3) is 0 Å². The molecule has 0 aliphatic heterocycles. The Bertz CT molecular complexity index is 2410. The minimum atomic E-state index is -2.29. The summed E-state index contributed by atoms with van der Waals surface area (Å²) in [6, 6.07) is 35.5. The van der Waals surface area contributed by atoms with Crippen LogP contribution < -0.4 is 4.74 Å². The third-order valence-corrected chi connectivity index (χ3v) is 9.78. The third-order valence-electron chi connectivity index (χ3n) is 8.73. The van der Waals surface area contributed by atoms with Crippen molar-refractivity contribution in [3.05, 3.63) is 124 Å². The SMILES string of the molecule is [2H]C([2H])([2H])n1[c](=[Pt])n(C2CCc3ccc(Oc4[c-]c5c(cc4)c4ccccc4n5-c4cc(C(C)(C)C)ccn4)[c-]c32)c2ccccc21. The molecule has 0 radical (unpaired) electrons. The monoisotopic (exact) mass is 758 g/mol. The number of fused-ring (bicyclic) bond motifs is 5. The molecule has 0 saturated heterocycles. The van der Waals surface area contributed by atoms with E-state index in [4.69, 9.17) is 13.8 Å². The van der Waals surface area contributed by atoms with E-state index >= 15 is 0 Å². The van der Waals surface area contributed by atoms with Gasteiger partial charge in [-0.05, 0) is 29.2 Å². The molecule has 8 rings (SSSR count). The molecular formula is C38H32N4OPt-2. The molecule has 7 aromatic rings. The van der Waals surface area contributed by atoms with Crippen LogP contribution in [-0.2, 0) is 38.2 Å². The van der Waals surface area contributed by atoms with Crippen molar-refractivity contribution in [1.29, 1.82) is 0 Å². The quantitative estimate of drug-likeness (QED) is 0.169. The van der Waals surface area contributed by atoms with E-state index in [1.54, 1.807) is 0 Å². The Kier molecular flexibility index (Phi) is 5.58. The molecular weight excluding hydrogens is 724 g/mol. The molecule has 0 bridgehead atoms. The summed E-state index contributed by atoms with van der Waals surface area (Å²) < 4.78 is 37.6. The normalized spacial score (nSPS) is 16.3. The predicted octanol–water partition coefficient (Wildman–Crippen LogP) is 8.78. The van der Waals surface area contributed by atoms with Crippen LogP contribution in [0.3, 0.4) is 0 Å². The van der Waals surface area contributed by atoms with E-state index in [1.807, 2.05) is 48.7 Å². The number of rotatable bonds is 4. The number of nitrogens with zero attached hydrogens (tertiary/aromatic N) is 4. The summed E-state index contributed by atoms with van der Waals surface area (Å²) in [5.74, 6) is 2.02. The molecule has 1 unspecified atom stereocenters. The summed E-state index contributed by atoms with van der Waals surface area (Å²) >= 11 is 2.15. The van der Waals surface area contributed by atoms with Crippen molar-refractivity contribution in [3.8, 4) is 17.3 Å². The van der Waals surface area contributed by atoms with Gasteiger partial charge in [0.1, 0.15) is 0 Å². The van der Waals surface area contributed by atoms with Crippen molar-refractivity contribution in [2.45, 2.75) is 45.1 Å². The Morgan fingerprint density at radius 3 is 2.45 bits per heavy atom. The van der Waals surface area contributed by atoms with Crippen LogP contribution in [0.1, 0.15) is 54.0 Å². The summed E-state index contributed by atoms with van der Waals surface area (Å²) in [7, 11) is 0. The maximum atomic E-state index is 8.23. The molecule has 0 fully saturated rings. The fourth-order valence-electron chi connectivity index (χ4n) is 6.52. The van der Waals surface area contributed by atoms with E-state index in [0.717, 1.165) is 51.5 Å². The van der Waals surface area contributed by atoms with Gasteiger partial charge < -0.3 is 0 Å². The molecule has 3 heterocycles. The molecule has 0 N–H and O–H groups in total. The van der Waals surface area contributed by atoms with Crippen LogP contribution in [0.15, 0.2) is 91.1 Å². The van der Waals surface area contributed by atoms with Crippen LogP contribution in [0.4, 0.5) is 0 Å². The molecule has 222 valence electrons. The van der Waals surface area contributed by atoms with Gasteiger partial charge in [-0.2, -0.15) is 0 Å². The maximum absolute atomic E-state index is 8.23. The Morgan fingerprint density at radius 1 is 0.886 bits per heavy atom. The number of aromatic nitrogens is 4. The van der Waals surface area contributed by atoms with E-state index in [-0.39, 0.29) is 11.5 Å². The second-order valence-electron chi connectivity index (χ2n) is 12.4. The van der Waals surface area contributed by atoms with Gasteiger partial charge in [-0.3, -0.25) is 0 Å². The zero-order valence-electron chi connectivity index (χ0n) is 27.7. The zero-order valence-corrected chi connectivity index (χ0v) is 26.9. The Labute approximate surface area is 272 Å². The van der Waals surface area contributed by atoms with Crippen LogP contribution in [-0.4, -0.2) is 18.7 Å². The molecule has 1 aliphatic carbocycles. The van der Waals surface area contributed by atoms with Crippen LogP contribution in [0.5, 0.6) is 11.5 Å². The first-order valence-electron chi connectivity index (χ1n) is 16.3. The fourth-order valence-corrected chi connectivity index (χ4v) is 7.42. The van der Waals surface area contributed by atoms with E-state index < -0.39 is 6.98 Å². The van der Waals surface area contributed by atoms with Gasteiger partial charge in [0.05, 0.1) is 0 Å². The topological polar surface area (TPSA) is 36.9 Å². The molecule has 0 amide bonds. The van der Waals surface area contributed by atoms with Crippen molar-refractivity contribution in [2.24, 2.45) is 6.98 Å². The first-order valence-corrected chi connectivity index (χ1v) is 16.0. The molecule has 0 saturated carbocycles. The van der Waals surface area contributed by atoms with Crippen molar-refractivity contribution >= 4 is 32.8 Å². The standard InChI is InChI=1S/C38H32N4O.Pt/c1-38(2,3)26-19-20-39-37(21-26)42-33-10-6-5-9-29(33)30-17-16-28(23-36(30)42)43-27-15-13-25-14-18-32(31(25)22-27)41-24-40(4)34-11-7-8-12-35(34)41;/h5-13,15-17,19-21,32H,14,18H2,1-4H3;/q-2;/i4D3;. The molecule has 5 nitrogen and oxygen atoms in total. The number of hydrogen-bond acceptors (Lipinski definition) is 2. The minimum absolute atomic E-state index is 0.0201. The van der Waals surface area contributed by atoms with E-state index in [2.05, 4.69) is 104 Å². The van der Waals surface area contributed by atoms with Gasteiger partial charge in [0.2, 0.25) is 0 Å². The van der Waals surface area contributed by atoms with E-state index in [1.165, 1.54) is 15.7 Å². The fraction of sp³-hybridized carbons (Fsp3) is 0.211. The molecule has 6 heteroatoms. The van der Waals surface area contributed by atoms with Gasteiger partial charge in [-0.15, -0.1) is 0 Å². The molecule has 3 aromatic heterocycles. The van der Waals surface area contributed by atoms with Crippen molar-refractivity contribution < 1.29 is 28.2 Å². The molecule has 0 spiro atoms.